The molecule has 0 saturated heterocycles. The van der Waals surface area contributed by atoms with Crippen molar-refractivity contribution < 1.29 is 23.9 Å². The lowest BCUT2D eigenvalue weighted by Gasteiger charge is -2.26. The summed E-state index contributed by atoms with van der Waals surface area (Å²) in [6.07, 6.45) is 0.195. The minimum Gasteiger partial charge on any atom is -0.480 e. The van der Waals surface area contributed by atoms with Gasteiger partial charge in [0.15, 0.2) is 0 Å². The Morgan fingerprint density at radius 2 is 1.81 bits per heavy atom. The van der Waals surface area contributed by atoms with E-state index in [0.29, 0.717) is 23.0 Å². The molecule has 0 bridgehead atoms. The van der Waals surface area contributed by atoms with Crippen LogP contribution in [-0.2, 0) is 20.8 Å². The Labute approximate surface area is 180 Å². The molecule has 1 atom stereocenters. The zero-order valence-electron chi connectivity index (χ0n) is 18.5. The minimum atomic E-state index is -1.09. The van der Waals surface area contributed by atoms with Crippen LogP contribution in [0, 0.1) is 5.92 Å². The Bertz CT molecular complexity index is 1030. The van der Waals surface area contributed by atoms with Crippen molar-refractivity contribution in [3.63, 3.8) is 0 Å². The fourth-order valence-electron chi connectivity index (χ4n) is 3.22. The van der Waals surface area contributed by atoms with Crippen LogP contribution in [0.3, 0.4) is 0 Å². The van der Waals surface area contributed by atoms with Crippen LogP contribution in [0.2, 0.25) is 0 Å². The fraction of sp³-hybridized carbons (Fsp3) is 0.455. The van der Waals surface area contributed by atoms with Crippen LogP contribution in [0.25, 0.3) is 11.0 Å². The van der Waals surface area contributed by atoms with Gasteiger partial charge in [-0.15, -0.1) is 0 Å². The topological polar surface area (TPSA) is 120 Å². The molecule has 0 saturated carbocycles. The summed E-state index contributed by atoms with van der Waals surface area (Å²) in [5.41, 5.74) is 1.13. The Morgan fingerprint density at radius 1 is 1.13 bits per heavy atom. The van der Waals surface area contributed by atoms with Crippen LogP contribution >= 0.6 is 0 Å². The summed E-state index contributed by atoms with van der Waals surface area (Å²) in [5, 5.41) is 12.5. The van der Waals surface area contributed by atoms with E-state index >= 15 is 0 Å². The summed E-state index contributed by atoms with van der Waals surface area (Å²) in [4.78, 5) is 51.2. The number of anilines is 1. The molecule has 168 valence electrons. The van der Waals surface area contributed by atoms with Crippen LogP contribution in [0.5, 0.6) is 0 Å². The molecule has 2 rings (SSSR count). The normalized spacial score (nSPS) is 11.9. The third-order valence-corrected chi connectivity index (χ3v) is 4.96. The summed E-state index contributed by atoms with van der Waals surface area (Å²) >= 11 is 0. The van der Waals surface area contributed by atoms with Gasteiger partial charge in [-0.25, -0.2) is 9.59 Å². The van der Waals surface area contributed by atoms with Gasteiger partial charge in [0.25, 0.3) is 0 Å². The lowest BCUT2D eigenvalue weighted by Crippen LogP contribution is -2.47. The fourth-order valence-corrected chi connectivity index (χ4v) is 3.22. The molecule has 0 aliphatic rings. The third kappa shape index (κ3) is 6.31. The van der Waals surface area contributed by atoms with E-state index in [1.54, 1.807) is 12.1 Å². The first kappa shape index (κ1) is 23.9. The van der Waals surface area contributed by atoms with Crippen molar-refractivity contribution >= 4 is 34.4 Å². The maximum absolute atomic E-state index is 12.4. The zero-order chi connectivity index (χ0) is 23.3. The van der Waals surface area contributed by atoms with Crippen molar-refractivity contribution in [3.05, 3.63) is 40.2 Å². The van der Waals surface area contributed by atoms with Gasteiger partial charge >= 0.3 is 11.6 Å². The monoisotopic (exact) mass is 431 g/mol. The van der Waals surface area contributed by atoms with E-state index in [-0.39, 0.29) is 18.9 Å². The van der Waals surface area contributed by atoms with Gasteiger partial charge in [0, 0.05) is 44.3 Å². The maximum Gasteiger partial charge on any atom is 0.336 e. The lowest BCUT2D eigenvalue weighted by atomic mass is 10.0. The van der Waals surface area contributed by atoms with Gasteiger partial charge in [-0.1, -0.05) is 13.8 Å². The van der Waals surface area contributed by atoms with E-state index in [4.69, 9.17) is 4.42 Å². The zero-order valence-corrected chi connectivity index (χ0v) is 18.5. The molecule has 9 nitrogen and oxygen atoms in total. The highest BCUT2D eigenvalue weighted by Crippen LogP contribution is 2.23. The van der Waals surface area contributed by atoms with Gasteiger partial charge in [0.05, 0.1) is 13.0 Å². The smallest absolute Gasteiger partial charge is 0.336 e. The van der Waals surface area contributed by atoms with Crippen molar-refractivity contribution in [2.24, 2.45) is 5.92 Å². The number of benzene rings is 1. The number of hydrogen-bond donors (Lipinski definition) is 2. The van der Waals surface area contributed by atoms with E-state index in [0.717, 1.165) is 10.6 Å². The summed E-state index contributed by atoms with van der Waals surface area (Å²) < 4.78 is 5.25. The molecule has 2 aromatic rings. The van der Waals surface area contributed by atoms with Crippen LogP contribution in [-0.4, -0.2) is 61.5 Å². The predicted molar refractivity (Wildman–Crippen MR) is 117 cm³/mol. The molecule has 0 fully saturated rings. The Balaban J connectivity index is 2.09. The second-order valence-corrected chi connectivity index (χ2v) is 8.11. The van der Waals surface area contributed by atoms with Crippen molar-refractivity contribution in [1.29, 1.82) is 0 Å². The largest absolute Gasteiger partial charge is 0.480 e. The molecule has 31 heavy (non-hydrogen) atoms. The SMILES string of the molecule is CC(C)C[C@H](C(=O)O)N(C)C(=O)CNC(=O)Cc1cc(=O)oc2cc(N(C)C)ccc12. The molecule has 0 radical (unpaired) electrons. The molecule has 1 heterocycles. The summed E-state index contributed by atoms with van der Waals surface area (Å²) in [6, 6.07) is 5.64. The number of rotatable bonds is 9. The highest BCUT2D eigenvalue weighted by Gasteiger charge is 2.27. The molecule has 0 aliphatic heterocycles. The molecule has 2 amide bonds. The highest BCUT2D eigenvalue weighted by atomic mass is 16.4. The Hall–Kier alpha value is -3.36. The number of aliphatic carboxylic acids is 1. The number of carbonyl (C=O) groups excluding carboxylic acids is 2. The first-order valence-corrected chi connectivity index (χ1v) is 9.98. The molecule has 1 aromatic carbocycles. The average molecular weight is 431 g/mol. The molecule has 9 heteroatoms. The number of nitrogens with zero attached hydrogens (tertiary/aromatic N) is 2. The maximum atomic E-state index is 12.4. The predicted octanol–water partition coefficient (Wildman–Crippen LogP) is 1.48. The first-order chi connectivity index (χ1) is 14.5. The van der Waals surface area contributed by atoms with Gasteiger partial charge < -0.3 is 24.6 Å². The first-order valence-electron chi connectivity index (χ1n) is 9.98. The number of fused-ring (bicyclic) bond motifs is 1. The number of amides is 2. The number of hydrogen-bond acceptors (Lipinski definition) is 6. The number of carbonyl (C=O) groups is 3. The average Bonchev–Trinajstić information content (AvgIpc) is 2.68. The highest BCUT2D eigenvalue weighted by molar-refractivity contribution is 5.91. The standard InChI is InChI=1S/C22H29N3O6/c1-13(2)8-17(22(29)30)25(5)20(27)12-23-19(26)9-14-10-21(28)31-18-11-15(24(3)4)6-7-16(14)18/h6-7,10-11,13,17H,8-9,12H2,1-5H3,(H,23,26)(H,29,30)/t17-/m1/s1. The van der Waals surface area contributed by atoms with Crippen LogP contribution < -0.4 is 15.8 Å². The van der Waals surface area contributed by atoms with Crippen molar-refractivity contribution in [1.82, 2.24) is 10.2 Å². The van der Waals surface area contributed by atoms with Gasteiger partial charge in [0.2, 0.25) is 11.8 Å². The summed E-state index contributed by atoms with van der Waals surface area (Å²) in [5.74, 6) is -1.96. The van der Waals surface area contributed by atoms with E-state index < -0.39 is 29.5 Å². The molecule has 0 unspecified atom stereocenters. The van der Waals surface area contributed by atoms with Crippen molar-refractivity contribution in [2.75, 3.05) is 32.6 Å². The molecule has 0 spiro atoms. The molecule has 1 aromatic heterocycles. The van der Waals surface area contributed by atoms with E-state index in [1.807, 2.05) is 38.9 Å². The van der Waals surface area contributed by atoms with Crippen LogP contribution in [0.15, 0.2) is 33.5 Å². The van der Waals surface area contributed by atoms with E-state index in [2.05, 4.69) is 5.32 Å². The molecule has 2 N–H and O–H groups in total. The van der Waals surface area contributed by atoms with Gasteiger partial charge in [0.1, 0.15) is 11.6 Å². The Kier molecular flexibility index (Phi) is 7.79. The van der Waals surface area contributed by atoms with Crippen molar-refractivity contribution in [2.45, 2.75) is 32.7 Å². The quantitative estimate of drug-likeness (QED) is 0.577. The van der Waals surface area contributed by atoms with Gasteiger partial charge in [-0.3, -0.25) is 9.59 Å². The number of carboxylic acids is 1. The van der Waals surface area contributed by atoms with Crippen LogP contribution in [0.1, 0.15) is 25.8 Å². The number of nitrogens with one attached hydrogen (secondary N) is 1. The molecular weight excluding hydrogens is 402 g/mol. The summed E-state index contributed by atoms with van der Waals surface area (Å²) in [7, 11) is 5.13. The van der Waals surface area contributed by atoms with Crippen molar-refractivity contribution in [3.8, 4) is 0 Å². The second-order valence-electron chi connectivity index (χ2n) is 8.11. The van der Waals surface area contributed by atoms with Gasteiger partial charge in [-0.2, -0.15) is 0 Å². The minimum absolute atomic E-state index is 0.0945. The molecular formula is C22H29N3O6. The Morgan fingerprint density at radius 3 is 2.39 bits per heavy atom. The number of likely N-dealkylation sites (N-methyl/N-ethyl adjacent to an activating group) is 1. The van der Waals surface area contributed by atoms with E-state index in [1.165, 1.54) is 13.1 Å². The van der Waals surface area contributed by atoms with Crippen LogP contribution in [0.4, 0.5) is 5.69 Å². The van der Waals surface area contributed by atoms with Gasteiger partial charge in [-0.05, 0) is 30.0 Å². The lowest BCUT2D eigenvalue weighted by molar-refractivity contribution is -0.149. The number of carboxylic acid groups (broad SMARTS) is 1. The molecule has 0 aliphatic carbocycles. The second kappa shape index (κ2) is 10.1. The van der Waals surface area contributed by atoms with E-state index in [9.17, 15) is 24.3 Å². The third-order valence-electron chi connectivity index (χ3n) is 4.96. The summed E-state index contributed by atoms with van der Waals surface area (Å²) in [6.45, 7) is 3.41.